The van der Waals surface area contributed by atoms with Gasteiger partial charge >= 0.3 is 12.0 Å². The fourth-order valence-corrected chi connectivity index (χ4v) is 1.68. The first kappa shape index (κ1) is 15.9. The van der Waals surface area contributed by atoms with Gasteiger partial charge in [-0.25, -0.2) is 9.18 Å². The highest BCUT2D eigenvalue weighted by Crippen LogP contribution is 2.16. The van der Waals surface area contributed by atoms with Gasteiger partial charge < -0.3 is 10.4 Å². The van der Waals surface area contributed by atoms with E-state index >= 15 is 0 Å². The molecule has 0 heterocycles. The zero-order valence-electron chi connectivity index (χ0n) is 11.6. The molecule has 1 unspecified atom stereocenters. The van der Waals surface area contributed by atoms with Crippen LogP contribution in [0.3, 0.4) is 0 Å². The first-order valence-electron chi connectivity index (χ1n) is 6.42. The van der Waals surface area contributed by atoms with Crippen molar-refractivity contribution in [3.8, 4) is 0 Å². The molecule has 0 fully saturated rings. The zero-order valence-corrected chi connectivity index (χ0v) is 11.6. The van der Waals surface area contributed by atoms with E-state index in [1.165, 1.54) is 24.1 Å². The summed E-state index contributed by atoms with van der Waals surface area (Å²) < 4.78 is 13.5. The summed E-state index contributed by atoms with van der Waals surface area (Å²) in [5.41, 5.74) is 0.198. The first-order valence-corrected chi connectivity index (χ1v) is 6.42. The Bertz CT molecular complexity index is 479. The molecule has 0 radical (unpaired) electrons. The van der Waals surface area contributed by atoms with Crippen LogP contribution in [0.5, 0.6) is 0 Å². The Morgan fingerprint density at radius 3 is 2.65 bits per heavy atom. The number of anilines is 1. The van der Waals surface area contributed by atoms with Crippen molar-refractivity contribution in [3.63, 3.8) is 0 Å². The fourth-order valence-electron chi connectivity index (χ4n) is 1.68. The van der Waals surface area contributed by atoms with Gasteiger partial charge in [-0.2, -0.15) is 0 Å². The van der Waals surface area contributed by atoms with Crippen LogP contribution < -0.4 is 10.2 Å². The van der Waals surface area contributed by atoms with E-state index < -0.39 is 23.7 Å². The van der Waals surface area contributed by atoms with Crippen LogP contribution in [-0.4, -0.2) is 30.7 Å². The highest BCUT2D eigenvalue weighted by Gasteiger charge is 2.14. The summed E-state index contributed by atoms with van der Waals surface area (Å²) in [7, 11) is 1.48. The molecule has 5 nitrogen and oxygen atoms in total. The third kappa shape index (κ3) is 4.53. The Morgan fingerprint density at radius 1 is 1.40 bits per heavy atom. The molecule has 110 valence electrons. The molecule has 0 bridgehead atoms. The molecule has 1 rings (SSSR count). The van der Waals surface area contributed by atoms with Crippen molar-refractivity contribution in [2.45, 2.75) is 19.8 Å². The van der Waals surface area contributed by atoms with E-state index in [0.29, 0.717) is 19.4 Å². The van der Waals surface area contributed by atoms with Gasteiger partial charge in [0, 0.05) is 13.6 Å². The minimum Gasteiger partial charge on any atom is -0.481 e. The van der Waals surface area contributed by atoms with Crippen LogP contribution in [0.4, 0.5) is 14.9 Å². The maximum absolute atomic E-state index is 13.5. The average Bonchev–Trinajstić information content (AvgIpc) is 2.42. The number of aliphatic carboxylic acids is 1. The molecule has 0 aliphatic carbocycles. The Balaban J connectivity index is 2.40. The number of amides is 2. The number of carbonyl (C=O) groups excluding carboxylic acids is 1. The SMILES string of the molecule is CC(CCCNC(=O)N(C)c1ccccc1F)C(=O)O. The number of carboxylic acids is 1. The molecule has 20 heavy (non-hydrogen) atoms. The monoisotopic (exact) mass is 282 g/mol. The molecule has 1 atom stereocenters. The number of carboxylic acid groups (broad SMARTS) is 1. The Hall–Kier alpha value is -2.11. The highest BCUT2D eigenvalue weighted by atomic mass is 19.1. The van der Waals surface area contributed by atoms with E-state index in [1.807, 2.05) is 0 Å². The van der Waals surface area contributed by atoms with Gasteiger partial charge in [0.2, 0.25) is 0 Å². The summed E-state index contributed by atoms with van der Waals surface area (Å²) in [6, 6.07) is 5.59. The predicted molar refractivity (Wildman–Crippen MR) is 74.2 cm³/mol. The highest BCUT2D eigenvalue weighted by molar-refractivity contribution is 5.91. The molecular formula is C14H19FN2O3. The molecule has 0 aliphatic rings. The summed E-state index contributed by atoms with van der Waals surface area (Å²) in [4.78, 5) is 23.6. The number of urea groups is 1. The quantitative estimate of drug-likeness (QED) is 0.787. The molecule has 0 aromatic heterocycles. The number of halogens is 1. The maximum atomic E-state index is 13.5. The van der Waals surface area contributed by atoms with E-state index in [2.05, 4.69) is 5.32 Å². The lowest BCUT2D eigenvalue weighted by atomic mass is 10.1. The predicted octanol–water partition coefficient (Wildman–Crippen LogP) is 2.47. The second-order valence-electron chi connectivity index (χ2n) is 4.62. The molecule has 1 aromatic carbocycles. The number of benzene rings is 1. The molecule has 0 spiro atoms. The number of nitrogens with one attached hydrogen (secondary N) is 1. The molecular weight excluding hydrogens is 263 g/mol. The van der Waals surface area contributed by atoms with Crippen LogP contribution in [0, 0.1) is 11.7 Å². The van der Waals surface area contributed by atoms with Gasteiger partial charge in [0.1, 0.15) is 5.82 Å². The van der Waals surface area contributed by atoms with E-state index in [4.69, 9.17) is 5.11 Å². The molecule has 6 heteroatoms. The Labute approximate surface area is 117 Å². The van der Waals surface area contributed by atoms with Crippen LogP contribution in [0.15, 0.2) is 24.3 Å². The van der Waals surface area contributed by atoms with Crippen molar-refractivity contribution in [2.24, 2.45) is 5.92 Å². The average molecular weight is 282 g/mol. The second kappa shape index (κ2) is 7.47. The first-order chi connectivity index (χ1) is 9.43. The van der Waals surface area contributed by atoms with Crippen molar-refractivity contribution in [1.82, 2.24) is 5.32 Å². The largest absolute Gasteiger partial charge is 0.481 e. The van der Waals surface area contributed by atoms with Crippen molar-refractivity contribution in [2.75, 3.05) is 18.5 Å². The van der Waals surface area contributed by atoms with E-state index in [9.17, 15) is 14.0 Å². The normalized spacial score (nSPS) is 11.8. The van der Waals surface area contributed by atoms with Crippen LogP contribution in [0.1, 0.15) is 19.8 Å². The van der Waals surface area contributed by atoms with Crippen molar-refractivity contribution < 1.29 is 19.1 Å². The van der Waals surface area contributed by atoms with Gasteiger partial charge in [-0.1, -0.05) is 19.1 Å². The molecule has 2 amide bonds. The number of hydrogen-bond donors (Lipinski definition) is 2. The summed E-state index contributed by atoms with van der Waals surface area (Å²) >= 11 is 0. The Kier molecular flexibility index (Phi) is 5.96. The minimum atomic E-state index is -0.847. The van der Waals surface area contributed by atoms with E-state index in [0.717, 1.165) is 0 Å². The zero-order chi connectivity index (χ0) is 15.1. The number of hydrogen-bond acceptors (Lipinski definition) is 2. The fraction of sp³-hybridized carbons (Fsp3) is 0.429. The lowest BCUT2D eigenvalue weighted by Crippen LogP contribution is -2.38. The summed E-state index contributed by atoms with van der Waals surface area (Å²) in [6.45, 7) is 1.98. The van der Waals surface area contributed by atoms with Crippen molar-refractivity contribution >= 4 is 17.7 Å². The van der Waals surface area contributed by atoms with E-state index in [-0.39, 0.29) is 5.69 Å². The standard InChI is InChI=1S/C14H19FN2O3/c1-10(13(18)19)6-5-9-16-14(20)17(2)12-8-4-3-7-11(12)15/h3-4,7-8,10H,5-6,9H2,1-2H3,(H,16,20)(H,18,19). The smallest absolute Gasteiger partial charge is 0.321 e. The molecule has 0 saturated carbocycles. The van der Waals surface area contributed by atoms with Gasteiger partial charge in [0.15, 0.2) is 0 Å². The lowest BCUT2D eigenvalue weighted by molar-refractivity contribution is -0.141. The topological polar surface area (TPSA) is 69.6 Å². The Morgan fingerprint density at radius 2 is 2.05 bits per heavy atom. The summed E-state index contributed by atoms with van der Waals surface area (Å²) in [5, 5.41) is 11.4. The van der Waals surface area contributed by atoms with E-state index in [1.54, 1.807) is 19.1 Å². The molecule has 2 N–H and O–H groups in total. The van der Waals surface area contributed by atoms with Gasteiger partial charge in [0.25, 0.3) is 0 Å². The van der Waals surface area contributed by atoms with Gasteiger partial charge in [-0.15, -0.1) is 0 Å². The lowest BCUT2D eigenvalue weighted by Gasteiger charge is -2.18. The molecule has 1 aromatic rings. The summed E-state index contributed by atoms with van der Waals surface area (Å²) in [6.07, 6.45) is 1.04. The van der Waals surface area contributed by atoms with Crippen molar-refractivity contribution in [1.29, 1.82) is 0 Å². The number of carbonyl (C=O) groups is 2. The van der Waals surface area contributed by atoms with Gasteiger partial charge in [-0.05, 0) is 25.0 Å². The van der Waals surface area contributed by atoms with Crippen LogP contribution in [0.2, 0.25) is 0 Å². The van der Waals surface area contributed by atoms with Crippen LogP contribution in [0.25, 0.3) is 0 Å². The molecule has 0 saturated heterocycles. The van der Waals surface area contributed by atoms with Gasteiger partial charge in [0.05, 0.1) is 11.6 Å². The maximum Gasteiger partial charge on any atom is 0.321 e. The van der Waals surface area contributed by atoms with Crippen molar-refractivity contribution in [3.05, 3.63) is 30.1 Å². The number of nitrogens with zero attached hydrogens (tertiary/aromatic N) is 1. The number of rotatable bonds is 6. The summed E-state index contributed by atoms with van der Waals surface area (Å²) in [5.74, 6) is -1.75. The third-order valence-electron chi connectivity index (χ3n) is 3.03. The molecule has 0 aliphatic heterocycles. The van der Waals surface area contributed by atoms with Gasteiger partial charge in [-0.3, -0.25) is 9.69 Å². The third-order valence-corrected chi connectivity index (χ3v) is 3.03. The van der Waals surface area contributed by atoms with Crippen LogP contribution >= 0.6 is 0 Å². The van der Waals surface area contributed by atoms with Crippen LogP contribution in [-0.2, 0) is 4.79 Å². The number of para-hydroxylation sites is 1. The second-order valence-corrected chi connectivity index (χ2v) is 4.62. The minimum absolute atomic E-state index is 0.198.